The zero-order valence-corrected chi connectivity index (χ0v) is 29.2. The summed E-state index contributed by atoms with van der Waals surface area (Å²) >= 11 is 2.11. The summed E-state index contributed by atoms with van der Waals surface area (Å²) in [5.41, 5.74) is -8.88. The molecule has 2 aromatic carbocycles. The Kier molecular flexibility index (Phi) is 9.96. The number of sulfone groups is 1. The number of carbonyl (C=O) groups is 2. The van der Waals surface area contributed by atoms with Gasteiger partial charge in [0.15, 0.2) is 9.84 Å². The van der Waals surface area contributed by atoms with E-state index in [1.54, 1.807) is 6.92 Å². The van der Waals surface area contributed by atoms with Crippen LogP contribution in [-0.2, 0) is 36.3 Å². The number of likely N-dealkylation sites (tertiary alicyclic amines) is 1. The lowest BCUT2D eigenvalue weighted by Crippen LogP contribution is -2.54. The largest absolute Gasteiger partial charge is 0.481 e. The van der Waals surface area contributed by atoms with Gasteiger partial charge < -0.3 is 10.0 Å². The van der Waals surface area contributed by atoms with Crippen molar-refractivity contribution < 1.29 is 58.2 Å². The Hall–Kier alpha value is -2.50. The van der Waals surface area contributed by atoms with Crippen molar-refractivity contribution in [3.8, 4) is 0 Å². The number of hydrogen-bond acceptors (Lipinski definition) is 4. The van der Waals surface area contributed by atoms with Gasteiger partial charge in [-0.2, -0.15) is 26.3 Å². The highest BCUT2D eigenvalue weighted by Gasteiger charge is 2.74. The lowest BCUT2D eigenvalue weighted by molar-refractivity contribution is -0.348. The summed E-state index contributed by atoms with van der Waals surface area (Å²) in [5, 5.41) is 9.71. The molecule has 0 unspecified atom stereocenters. The Bertz CT molecular complexity index is 1700. The number of hydrogen-bond donors (Lipinski definition) is 1. The molecule has 1 amide bonds. The predicted octanol–water partition coefficient (Wildman–Crippen LogP) is 8.05. The predicted molar refractivity (Wildman–Crippen MR) is 170 cm³/mol. The number of halogens is 9. The van der Waals surface area contributed by atoms with Crippen LogP contribution in [0.3, 0.4) is 0 Å². The van der Waals surface area contributed by atoms with Crippen LogP contribution in [0.5, 0.6) is 0 Å². The first-order valence-electron chi connectivity index (χ1n) is 15.7. The van der Waals surface area contributed by atoms with Crippen LogP contribution in [0.15, 0.2) is 47.4 Å². The van der Waals surface area contributed by atoms with Crippen molar-refractivity contribution in [2.24, 2.45) is 17.3 Å². The Balaban J connectivity index is 1.70. The average molecular weight is 836 g/mol. The maximum absolute atomic E-state index is 15.2. The van der Waals surface area contributed by atoms with Crippen LogP contribution >= 0.6 is 22.6 Å². The minimum absolute atomic E-state index is 0.0108. The average Bonchev–Trinajstić information content (AvgIpc) is 3.31. The van der Waals surface area contributed by atoms with Gasteiger partial charge in [0.25, 0.3) is 0 Å². The van der Waals surface area contributed by atoms with Gasteiger partial charge in [0, 0.05) is 16.5 Å². The van der Waals surface area contributed by atoms with E-state index in [0.29, 0.717) is 23.0 Å². The Morgan fingerprint density at radius 1 is 0.980 bits per heavy atom. The molecule has 5 atom stereocenters. The van der Waals surface area contributed by atoms with Gasteiger partial charge in [-0.05, 0) is 92.7 Å². The number of alkyl halides is 8. The molecule has 270 valence electrons. The number of aryl methyl sites for hydroxylation is 1. The summed E-state index contributed by atoms with van der Waals surface area (Å²) in [5.74, 6) is -3.20. The number of nitrogens with zero attached hydrogens (tertiary/aromatic N) is 1. The van der Waals surface area contributed by atoms with Crippen LogP contribution in [0.4, 0.5) is 35.1 Å². The van der Waals surface area contributed by atoms with Crippen molar-refractivity contribution in [1.29, 1.82) is 0 Å². The monoisotopic (exact) mass is 835 g/mol. The van der Waals surface area contributed by atoms with Gasteiger partial charge >= 0.3 is 24.0 Å². The minimum Gasteiger partial charge on any atom is -0.481 e. The first-order valence-corrected chi connectivity index (χ1v) is 18.7. The van der Waals surface area contributed by atoms with Crippen molar-refractivity contribution in [2.75, 3.05) is 11.0 Å². The first-order chi connectivity index (χ1) is 22.7. The fourth-order valence-electron chi connectivity index (χ4n) is 8.45. The van der Waals surface area contributed by atoms with Crippen LogP contribution in [0.1, 0.15) is 68.6 Å². The van der Waals surface area contributed by atoms with Crippen LogP contribution in [0, 0.1) is 23.1 Å². The second kappa shape index (κ2) is 12.9. The van der Waals surface area contributed by atoms with Crippen LogP contribution in [-0.4, -0.2) is 59.7 Å². The number of carboxylic acids is 1. The number of amides is 1. The van der Waals surface area contributed by atoms with Gasteiger partial charge in [0.05, 0.1) is 22.3 Å². The smallest absolute Gasteiger partial charge is 0.435 e. The third-order valence-corrected chi connectivity index (χ3v) is 13.9. The zero-order chi connectivity index (χ0) is 36.4. The molecule has 0 bridgehead atoms. The minimum atomic E-state index is -6.38. The van der Waals surface area contributed by atoms with Crippen LogP contribution in [0.25, 0.3) is 0 Å². The molecule has 16 heteroatoms. The van der Waals surface area contributed by atoms with Crippen molar-refractivity contribution >= 4 is 44.3 Å². The molecular formula is C33H34F8INO5S. The first kappa shape index (κ1) is 37.7. The molecule has 49 heavy (non-hydrogen) atoms. The van der Waals surface area contributed by atoms with E-state index in [4.69, 9.17) is 0 Å². The fraction of sp³-hybridized carbons (Fsp3) is 0.576. The number of benzene rings is 2. The van der Waals surface area contributed by atoms with Gasteiger partial charge in [-0.3, -0.25) is 9.59 Å². The number of carboxylic acid groups (broad SMARTS) is 1. The summed E-state index contributed by atoms with van der Waals surface area (Å²) in [6.07, 6.45) is -12.2. The van der Waals surface area contributed by atoms with Crippen LogP contribution in [0.2, 0.25) is 0 Å². The van der Waals surface area contributed by atoms with Crippen LogP contribution < -0.4 is 0 Å². The fourth-order valence-corrected chi connectivity index (χ4v) is 11.8. The van der Waals surface area contributed by atoms with Gasteiger partial charge in [0.2, 0.25) is 5.91 Å². The van der Waals surface area contributed by atoms with Gasteiger partial charge in [0.1, 0.15) is 10.6 Å². The molecule has 0 aromatic heterocycles. The maximum Gasteiger partial charge on any atom is 0.435 e. The van der Waals surface area contributed by atoms with E-state index < -0.39 is 73.2 Å². The topological polar surface area (TPSA) is 91.8 Å². The molecule has 2 aliphatic carbocycles. The molecule has 1 saturated heterocycles. The second-order valence-corrected chi connectivity index (χ2v) is 16.7. The number of fused-ring (bicyclic) bond motifs is 3. The molecule has 1 N–H and O–H groups in total. The molecule has 1 heterocycles. The van der Waals surface area contributed by atoms with E-state index in [9.17, 15) is 53.8 Å². The van der Waals surface area contributed by atoms with E-state index in [1.807, 2.05) is 0 Å². The molecule has 6 nitrogen and oxygen atoms in total. The number of aliphatic carboxylic acids is 1. The lowest BCUT2D eigenvalue weighted by atomic mass is 9.63. The summed E-state index contributed by atoms with van der Waals surface area (Å²) in [7, 11) is -4.66. The molecule has 3 aliphatic rings. The Morgan fingerprint density at radius 3 is 2.16 bits per heavy atom. The Morgan fingerprint density at radius 2 is 1.61 bits per heavy atom. The quantitative estimate of drug-likeness (QED) is 0.132. The van der Waals surface area contributed by atoms with Gasteiger partial charge in [-0.15, -0.1) is 0 Å². The maximum atomic E-state index is 15.2. The highest BCUT2D eigenvalue weighted by molar-refractivity contribution is 14.1. The molecule has 0 spiro atoms. The van der Waals surface area contributed by atoms with Crippen molar-refractivity contribution in [3.05, 3.63) is 65.0 Å². The highest BCUT2D eigenvalue weighted by atomic mass is 127. The van der Waals surface area contributed by atoms with E-state index in [-0.39, 0.29) is 73.4 Å². The molecule has 1 saturated carbocycles. The number of carbonyl (C=O) groups excluding carboxylic acids is 1. The highest BCUT2D eigenvalue weighted by Crippen LogP contribution is 2.57. The number of rotatable bonds is 7. The third-order valence-electron chi connectivity index (χ3n) is 10.8. The summed E-state index contributed by atoms with van der Waals surface area (Å²) in [6.45, 7) is 1.61. The van der Waals surface area contributed by atoms with E-state index in [2.05, 4.69) is 22.6 Å². The van der Waals surface area contributed by atoms with Gasteiger partial charge in [-0.1, -0.05) is 47.7 Å². The summed E-state index contributed by atoms with van der Waals surface area (Å²) in [6, 6.07) is 4.21. The lowest BCUT2D eigenvalue weighted by Gasteiger charge is -2.45. The standard InChI is InChI=1S/C33H34F8INO5S/c1-19-18-29(13-15-42,12-11-24(19)27(44)45)28(46)43-16-14-30(49(47,48)23-8-6-22(34)7-9-23)25-10-5-21(17-20(25)3-2-4-26(30)43)31(35,32(36,37)38)33(39,40)41/h5-10,17,19,24,26H,2-4,11-16,18H2,1H3,(H,44,45)/t19-,24-,26+,29-,30+/m1/s1. The third kappa shape index (κ3) is 5.93. The summed E-state index contributed by atoms with van der Waals surface area (Å²) < 4.78 is 140. The normalized spacial score (nSPS) is 28.0. The Labute approximate surface area is 291 Å². The van der Waals surface area contributed by atoms with Gasteiger partial charge in [-0.25, -0.2) is 17.2 Å². The van der Waals surface area contributed by atoms with Crippen molar-refractivity contribution in [2.45, 2.75) is 92.0 Å². The van der Waals surface area contributed by atoms with Crippen molar-refractivity contribution in [3.63, 3.8) is 0 Å². The SMILES string of the molecule is C[C@@H]1C[C@@](CCI)(C(=O)N2CC[C@]3(S(=O)(=O)c4ccc(F)cc4)c4ccc(C(F)(C(F)(F)F)C(F)(F)F)cc4CCC[C@H]23)CC[C@H]1C(=O)O. The molecule has 2 aromatic rings. The molecule has 2 fully saturated rings. The molecule has 5 rings (SSSR count). The zero-order valence-electron chi connectivity index (χ0n) is 26.2. The molecular weight excluding hydrogens is 801 g/mol. The van der Waals surface area contributed by atoms with Crippen molar-refractivity contribution in [1.82, 2.24) is 4.90 Å². The molecule has 1 aliphatic heterocycles. The summed E-state index contributed by atoms with van der Waals surface area (Å²) in [4.78, 5) is 27.6. The van der Waals surface area contributed by atoms with E-state index in [0.717, 1.165) is 30.3 Å². The molecule has 0 radical (unpaired) electrons. The van der Waals surface area contributed by atoms with E-state index in [1.165, 1.54) is 4.90 Å². The second-order valence-electron chi connectivity index (χ2n) is 13.4. The van der Waals surface area contributed by atoms with E-state index >= 15 is 4.39 Å².